The van der Waals surface area contributed by atoms with Crippen molar-refractivity contribution in [2.45, 2.75) is 13.5 Å². The van der Waals surface area contributed by atoms with Gasteiger partial charge in [-0.1, -0.05) is 59.9 Å². The van der Waals surface area contributed by atoms with Crippen molar-refractivity contribution >= 4 is 50.0 Å². The molecule has 0 atom stereocenters. The molecule has 0 N–H and O–H groups in total. The molecule has 0 bridgehead atoms. The van der Waals surface area contributed by atoms with Gasteiger partial charge < -0.3 is 9.30 Å². The van der Waals surface area contributed by atoms with E-state index in [2.05, 4.69) is 4.99 Å². The van der Waals surface area contributed by atoms with E-state index in [-0.39, 0.29) is 23.6 Å². The second kappa shape index (κ2) is 10.1. The number of thiazole rings is 1. The molecule has 37 heavy (non-hydrogen) atoms. The van der Waals surface area contributed by atoms with E-state index in [9.17, 15) is 19.7 Å². The molecule has 2 heterocycles. The maximum absolute atomic E-state index is 13.6. The normalized spacial score (nSPS) is 11.6. The number of nitrogens with zero attached hydrogens (tertiary/aromatic N) is 4. The molecule has 0 saturated heterocycles. The first kappa shape index (κ1) is 24.0. The van der Waals surface area contributed by atoms with E-state index in [1.165, 1.54) is 12.1 Å². The number of para-hydroxylation sites is 1. The smallest absolute Gasteiger partial charge is 0.326 e. The first-order valence-electron chi connectivity index (χ1n) is 11.4. The maximum atomic E-state index is 13.6. The molecule has 0 saturated carbocycles. The van der Waals surface area contributed by atoms with Crippen molar-refractivity contribution < 1.29 is 19.2 Å². The van der Waals surface area contributed by atoms with E-state index < -0.39 is 16.8 Å². The molecule has 9 nitrogen and oxygen atoms in total. The average molecular weight is 513 g/mol. The van der Waals surface area contributed by atoms with Gasteiger partial charge in [0.2, 0.25) is 0 Å². The standard InChI is InChI=1S/C27H20N4O5S/c1-2-36-25(32)16-30-23-13-12-18(31(34)35)14-24(23)37-27(30)29-26(33)20-15-22(17-8-4-3-5-9-17)28-21-11-7-6-10-19(20)21/h3-15H,2,16H2,1H3. The first-order valence-corrected chi connectivity index (χ1v) is 12.2. The summed E-state index contributed by atoms with van der Waals surface area (Å²) in [5, 5.41) is 11.9. The summed E-state index contributed by atoms with van der Waals surface area (Å²) >= 11 is 1.09. The quantitative estimate of drug-likeness (QED) is 0.177. The molecule has 0 unspecified atom stereocenters. The van der Waals surface area contributed by atoms with E-state index in [1.54, 1.807) is 29.7 Å². The monoisotopic (exact) mass is 512 g/mol. The van der Waals surface area contributed by atoms with Gasteiger partial charge in [0.15, 0.2) is 4.80 Å². The highest BCUT2D eigenvalue weighted by Gasteiger charge is 2.18. The number of amides is 1. The highest BCUT2D eigenvalue weighted by atomic mass is 32.1. The van der Waals surface area contributed by atoms with Gasteiger partial charge in [-0.05, 0) is 25.1 Å². The van der Waals surface area contributed by atoms with Crippen molar-refractivity contribution in [2.24, 2.45) is 4.99 Å². The summed E-state index contributed by atoms with van der Waals surface area (Å²) in [6.07, 6.45) is 0. The van der Waals surface area contributed by atoms with Gasteiger partial charge >= 0.3 is 5.97 Å². The van der Waals surface area contributed by atoms with E-state index in [1.807, 2.05) is 48.5 Å². The summed E-state index contributed by atoms with van der Waals surface area (Å²) in [5.74, 6) is -1.02. The number of benzene rings is 3. The first-order chi connectivity index (χ1) is 17.9. The van der Waals surface area contributed by atoms with Crippen molar-refractivity contribution in [3.8, 4) is 11.3 Å². The summed E-state index contributed by atoms with van der Waals surface area (Å²) in [6, 6.07) is 22.8. The minimum absolute atomic E-state index is 0.0949. The predicted molar refractivity (Wildman–Crippen MR) is 140 cm³/mol. The van der Waals surface area contributed by atoms with Crippen LogP contribution in [0.4, 0.5) is 5.69 Å². The third-order valence-corrected chi connectivity index (χ3v) is 6.72. The van der Waals surface area contributed by atoms with Crippen LogP contribution in [0.2, 0.25) is 0 Å². The fourth-order valence-electron chi connectivity index (χ4n) is 4.01. The van der Waals surface area contributed by atoms with Crippen LogP contribution >= 0.6 is 11.3 Å². The van der Waals surface area contributed by atoms with Crippen LogP contribution in [0.15, 0.2) is 83.9 Å². The fourth-order valence-corrected chi connectivity index (χ4v) is 5.07. The van der Waals surface area contributed by atoms with Crippen LogP contribution in [-0.2, 0) is 16.1 Å². The largest absolute Gasteiger partial charge is 0.465 e. The zero-order valence-electron chi connectivity index (χ0n) is 19.7. The minimum atomic E-state index is -0.519. The summed E-state index contributed by atoms with van der Waals surface area (Å²) in [4.78, 5) is 46.0. The molecule has 3 aromatic carbocycles. The summed E-state index contributed by atoms with van der Waals surface area (Å²) in [7, 11) is 0. The number of carbonyl (C=O) groups excluding carboxylic acids is 2. The summed E-state index contributed by atoms with van der Waals surface area (Å²) < 4.78 is 7.16. The van der Waals surface area contributed by atoms with Gasteiger partial charge in [0.25, 0.3) is 11.6 Å². The summed E-state index contributed by atoms with van der Waals surface area (Å²) in [6.45, 7) is 1.71. The molecule has 0 radical (unpaired) electrons. The van der Waals surface area contributed by atoms with Gasteiger partial charge in [-0.3, -0.25) is 19.7 Å². The predicted octanol–water partition coefficient (Wildman–Crippen LogP) is 5.13. The maximum Gasteiger partial charge on any atom is 0.326 e. The molecule has 5 rings (SSSR count). The lowest BCUT2D eigenvalue weighted by atomic mass is 10.0. The van der Waals surface area contributed by atoms with Crippen molar-refractivity contribution in [3.63, 3.8) is 0 Å². The Hall–Kier alpha value is -4.70. The Morgan fingerprint density at radius 1 is 1.05 bits per heavy atom. The Morgan fingerprint density at radius 3 is 2.57 bits per heavy atom. The number of pyridine rings is 1. The lowest BCUT2D eigenvalue weighted by Crippen LogP contribution is -2.23. The molecule has 0 aliphatic carbocycles. The zero-order chi connectivity index (χ0) is 25.9. The number of rotatable bonds is 6. The summed E-state index contributed by atoms with van der Waals surface area (Å²) in [5.41, 5.74) is 2.93. The molecular weight excluding hydrogens is 492 g/mol. The number of carbonyl (C=O) groups is 2. The number of hydrogen-bond acceptors (Lipinski definition) is 7. The number of esters is 1. The van der Waals surface area contributed by atoms with Crippen LogP contribution in [-0.4, -0.2) is 33.0 Å². The van der Waals surface area contributed by atoms with Crippen LogP contribution in [0, 0.1) is 10.1 Å². The number of ether oxygens (including phenoxy) is 1. The third-order valence-electron chi connectivity index (χ3n) is 5.68. The van der Waals surface area contributed by atoms with Crippen LogP contribution in [0.5, 0.6) is 0 Å². The van der Waals surface area contributed by atoms with Crippen molar-refractivity contribution in [1.82, 2.24) is 9.55 Å². The molecular formula is C27H20N4O5S. The van der Waals surface area contributed by atoms with Crippen molar-refractivity contribution in [1.29, 1.82) is 0 Å². The Morgan fingerprint density at radius 2 is 1.81 bits per heavy atom. The van der Waals surface area contributed by atoms with Crippen LogP contribution in [0.3, 0.4) is 0 Å². The average Bonchev–Trinajstić information content (AvgIpc) is 3.24. The molecule has 0 fully saturated rings. The van der Waals surface area contributed by atoms with Gasteiger partial charge in [-0.25, -0.2) is 4.98 Å². The van der Waals surface area contributed by atoms with E-state index >= 15 is 0 Å². The molecule has 0 aliphatic heterocycles. The Kier molecular flexibility index (Phi) is 6.57. The van der Waals surface area contributed by atoms with Gasteiger partial charge in [-0.15, -0.1) is 0 Å². The van der Waals surface area contributed by atoms with Gasteiger partial charge in [-0.2, -0.15) is 4.99 Å². The lowest BCUT2D eigenvalue weighted by Gasteiger charge is -2.08. The van der Waals surface area contributed by atoms with Crippen LogP contribution < -0.4 is 4.80 Å². The molecule has 2 aromatic heterocycles. The van der Waals surface area contributed by atoms with Crippen molar-refractivity contribution in [2.75, 3.05) is 6.61 Å². The van der Waals surface area contributed by atoms with Crippen LogP contribution in [0.1, 0.15) is 17.3 Å². The highest BCUT2D eigenvalue weighted by Crippen LogP contribution is 2.26. The van der Waals surface area contributed by atoms with Gasteiger partial charge in [0, 0.05) is 23.1 Å². The molecule has 10 heteroatoms. The third kappa shape index (κ3) is 4.87. The molecule has 184 valence electrons. The Labute approximate surface area is 214 Å². The molecule has 0 aliphatic rings. The highest BCUT2D eigenvalue weighted by molar-refractivity contribution is 7.16. The molecule has 5 aromatic rings. The Balaban J connectivity index is 1.69. The second-order valence-electron chi connectivity index (χ2n) is 8.04. The van der Waals surface area contributed by atoms with Gasteiger partial charge in [0.1, 0.15) is 6.54 Å². The SMILES string of the molecule is CCOC(=O)Cn1c(=NC(=O)c2cc(-c3ccccc3)nc3ccccc23)sc2cc([N+](=O)[O-])ccc21. The zero-order valence-corrected chi connectivity index (χ0v) is 20.5. The number of nitro groups is 1. The van der Waals surface area contributed by atoms with Gasteiger partial charge in [0.05, 0.1) is 38.5 Å². The van der Waals surface area contributed by atoms with E-state index in [0.717, 1.165) is 16.9 Å². The fraction of sp³-hybridized carbons (Fsp3) is 0.111. The number of fused-ring (bicyclic) bond motifs is 2. The number of nitro benzene ring substituents is 1. The van der Waals surface area contributed by atoms with E-state index in [0.29, 0.717) is 32.4 Å². The lowest BCUT2D eigenvalue weighted by molar-refractivity contribution is -0.384. The van der Waals surface area contributed by atoms with Crippen molar-refractivity contribution in [3.05, 3.63) is 99.3 Å². The van der Waals surface area contributed by atoms with Crippen LogP contribution in [0.25, 0.3) is 32.4 Å². The molecule has 0 spiro atoms. The molecule has 1 amide bonds. The number of hydrogen-bond donors (Lipinski definition) is 0. The number of aromatic nitrogens is 2. The minimum Gasteiger partial charge on any atom is -0.465 e. The topological polar surface area (TPSA) is 117 Å². The second-order valence-corrected chi connectivity index (χ2v) is 9.05. The number of non-ortho nitro benzene ring substituents is 1. The van der Waals surface area contributed by atoms with E-state index in [4.69, 9.17) is 9.72 Å². The Bertz CT molecular complexity index is 1740.